The third-order valence-electron chi connectivity index (χ3n) is 4.77. The number of benzene rings is 3. The summed E-state index contributed by atoms with van der Waals surface area (Å²) in [4.78, 5) is 12.7. The van der Waals surface area contributed by atoms with E-state index in [1.165, 1.54) is 5.56 Å². The van der Waals surface area contributed by atoms with Crippen LogP contribution in [0, 0.1) is 6.92 Å². The molecule has 0 unspecified atom stereocenters. The SMILES string of the molecule is COc1cc2ccccc2cc1C(=O)NN=Cc1cccn1-c1ccc(C)cc1. The Morgan fingerprint density at radius 3 is 2.45 bits per heavy atom. The molecule has 0 saturated heterocycles. The van der Waals surface area contributed by atoms with Gasteiger partial charge in [0.25, 0.3) is 5.91 Å². The molecule has 4 rings (SSSR count). The summed E-state index contributed by atoms with van der Waals surface area (Å²) in [5, 5.41) is 6.13. The minimum Gasteiger partial charge on any atom is -0.496 e. The standard InChI is InChI=1S/C24H21N3O2/c1-17-9-11-20(12-10-17)27-13-5-8-21(27)16-25-26-24(28)22-14-18-6-3-4-7-19(18)15-23(22)29-2/h3-16H,1-2H3,(H,26,28). The first-order chi connectivity index (χ1) is 14.2. The lowest BCUT2D eigenvalue weighted by molar-refractivity contribution is 0.0952. The van der Waals surface area contributed by atoms with Crippen molar-refractivity contribution in [2.75, 3.05) is 7.11 Å². The van der Waals surface area contributed by atoms with Crippen LogP contribution in [0.4, 0.5) is 0 Å². The van der Waals surface area contributed by atoms with E-state index in [2.05, 4.69) is 29.6 Å². The number of hydrogen-bond donors (Lipinski definition) is 1. The van der Waals surface area contributed by atoms with Gasteiger partial charge in [-0.1, -0.05) is 42.0 Å². The van der Waals surface area contributed by atoms with Gasteiger partial charge in [0.05, 0.1) is 24.6 Å². The normalized spacial score (nSPS) is 11.1. The van der Waals surface area contributed by atoms with Crippen LogP contribution in [0.1, 0.15) is 21.6 Å². The molecule has 0 radical (unpaired) electrons. The number of ether oxygens (including phenoxy) is 1. The van der Waals surface area contributed by atoms with Gasteiger partial charge in [-0.2, -0.15) is 5.10 Å². The highest BCUT2D eigenvalue weighted by Gasteiger charge is 2.13. The number of nitrogens with one attached hydrogen (secondary N) is 1. The maximum Gasteiger partial charge on any atom is 0.275 e. The molecule has 0 fully saturated rings. The van der Waals surface area contributed by atoms with Crippen molar-refractivity contribution in [1.29, 1.82) is 0 Å². The van der Waals surface area contributed by atoms with E-state index >= 15 is 0 Å². The van der Waals surface area contributed by atoms with Gasteiger partial charge in [0.2, 0.25) is 0 Å². The predicted molar refractivity (Wildman–Crippen MR) is 116 cm³/mol. The molecule has 3 aromatic carbocycles. The number of hydrazone groups is 1. The van der Waals surface area contributed by atoms with Crippen molar-refractivity contribution >= 4 is 22.9 Å². The molecule has 0 aliphatic carbocycles. The predicted octanol–water partition coefficient (Wildman–Crippen LogP) is 4.71. The fourth-order valence-corrected chi connectivity index (χ4v) is 3.22. The van der Waals surface area contributed by atoms with Gasteiger partial charge in [-0.15, -0.1) is 0 Å². The maximum atomic E-state index is 12.7. The summed E-state index contributed by atoms with van der Waals surface area (Å²) in [6.07, 6.45) is 3.59. The molecule has 144 valence electrons. The van der Waals surface area contributed by atoms with Gasteiger partial charge in [-0.05, 0) is 54.1 Å². The van der Waals surface area contributed by atoms with Crippen LogP contribution in [0.5, 0.6) is 5.75 Å². The van der Waals surface area contributed by atoms with Crippen molar-refractivity contribution in [3.05, 3.63) is 95.8 Å². The van der Waals surface area contributed by atoms with Crippen molar-refractivity contribution in [2.24, 2.45) is 5.10 Å². The molecule has 0 aliphatic heterocycles. The molecule has 29 heavy (non-hydrogen) atoms. The lowest BCUT2D eigenvalue weighted by Gasteiger charge is -2.09. The minimum atomic E-state index is -0.322. The highest BCUT2D eigenvalue weighted by atomic mass is 16.5. The Balaban J connectivity index is 1.55. The Morgan fingerprint density at radius 1 is 1.00 bits per heavy atom. The summed E-state index contributed by atoms with van der Waals surface area (Å²) in [6, 6.07) is 23.6. The third kappa shape index (κ3) is 3.89. The van der Waals surface area contributed by atoms with Crippen molar-refractivity contribution in [3.63, 3.8) is 0 Å². The number of aromatic nitrogens is 1. The Bertz CT molecular complexity index is 1190. The van der Waals surface area contributed by atoms with Gasteiger partial charge in [0, 0.05) is 11.9 Å². The smallest absolute Gasteiger partial charge is 0.275 e. The number of hydrogen-bond acceptors (Lipinski definition) is 3. The van der Waals surface area contributed by atoms with Gasteiger partial charge in [-0.3, -0.25) is 4.79 Å². The summed E-state index contributed by atoms with van der Waals surface area (Å²) < 4.78 is 7.40. The number of fused-ring (bicyclic) bond motifs is 1. The topological polar surface area (TPSA) is 55.6 Å². The van der Waals surface area contributed by atoms with E-state index in [4.69, 9.17) is 4.74 Å². The number of aryl methyl sites for hydroxylation is 1. The van der Waals surface area contributed by atoms with Crippen LogP contribution in [0.25, 0.3) is 16.5 Å². The second-order valence-corrected chi connectivity index (χ2v) is 6.74. The van der Waals surface area contributed by atoms with Gasteiger partial charge in [0.15, 0.2) is 0 Å². The Labute approximate surface area is 169 Å². The lowest BCUT2D eigenvalue weighted by atomic mass is 10.1. The van der Waals surface area contributed by atoms with E-state index in [9.17, 15) is 4.79 Å². The Morgan fingerprint density at radius 2 is 1.72 bits per heavy atom. The first-order valence-electron chi connectivity index (χ1n) is 9.30. The molecular formula is C24H21N3O2. The van der Waals surface area contributed by atoms with Crippen molar-refractivity contribution < 1.29 is 9.53 Å². The van der Waals surface area contributed by atoms with Gasteiger partial charge < -0.3 is 9.30 Å². The van der Waals surface area contributed by atoms with E-state index in [1.54, 1.807) is 13.3 Å². The molecule has 5 heteroatoms. The van der Waals surface area contributed by atoms with E-state index < -0.39 is 0 Å². The number of nitrogens with zero attached hydrogens (tertiary/aromatic N) is 2. The van der Waals surface area contributed by atoms with Crippen LogP contribution in [0.2, 0.25) is 0 Å². The van der Waals surface area contributed by atoms with Crippen molar-refractivity contribution in [2.45, 2.75) is 6.92 Å². The zero-order valence-electron chi connectivity index (χ0n) is 16.3. The summed E-state index contributed by atoms with van der Waals surface area (Å²) in [6.45, 7) is 2.05. The van der Waals surface area contributed by atoms with E-state index in [1.807, 2.05) is 71.4 Å². The fourth-order valence-electron chi connectivity index (χ4n) is 3.22. The summed E-state index contributed by atoms with van der Waals surface area (Å²) in [5.41, 5.74) is 6.14. The molecule has 0 bridgehead atoms. The van der Waals surface area contributed by atoms with Crippen LogP contribution in [0.15, 0.2) is 84.1 Å². The summed E-state index contributed by atoms with van der Waals surface area (Å²) in [5.74, 6) is 0.191. The molecule has 0 saturated carbocycles. The molecule has 5 nitrogen and oxygen atoms in total. The van der Waals surface area contributed by atoms with Crippen molar-refractivity contribution in [3.8, 4) is 11.4 Å². The van der Waals surface area contributed by atoms with E-state index in [-0.39, 0.29) is 5.91 Å². The second-order valence-electron chi connectivity index (χ2n) is 6.74. The van der Waals surface area contributed by atoms with Crippen LogP contribution in [-0.4, -0.2) is 23.8 Å². The van der Waals surface area contributed by atoms with Crippen LogP contribution < -0.4 is 10.2 Å². The number of amides is 1. The molecule has 0 spiro atoms. The molecule has 0 atom stereocenters. The average Bonchev–Trinajstić information content (AvgIpc) is 3.21. The van der Waals surface area contributed by atoms with Crippen LogP contribution in [0.3, 0.4) is 0 Å². The molecular weight excluding hydrogens is 362 g/mol. The number of carbonyl (C=O) groups excluding carboxylic acids is 1. The highest BCUT2D eigenvalue weighted by Crippen LogP contribution is 2.25. The van der Waals surface area contributed by atoms with Crippen molar-refractivity contribution in [1.82, 2.24) is 9.99 Å². The quantitative estimate of drug-likeness (QED) is 0.401. The zero-order chi connectivity index (χ0) is 20.2. The van der Waals surface area contributed by atoms with Gasteiger partial charge in [0.1, 0.15) is 5.75 Å². The third-order valence-corrected chi connectivity index (χ3v) is 4.77. The lowest BCUT2D eigenvalue weighted by Crippen LogP contribution is -2.18. The first kappa shape index (κ1) is 18.5. The number of methoxy groups -OCH3 is 1. The van der Waals surface area contributed by atoms with Gasteiger partial charge >= 0.3 is 0 Å². The summed E-state index contributed by atoms with van der Waals surface area (Å²) in [7, 11) is 1.55. The Kier molecular flexibility index (Phi) is 5.12. The maximum absolute atomic E-state index is 12.7. The molecule has 1 N–H and O–H groups in total. The Hall–Kier alpha value is -3.86. The average molecular weight is 383 g/mol. The first-order valence-corrected chi connectivity index (χ1v) is 9.30. The van der Waals surface area contributed by atoms with Crippen LogP contribution >= 0.6 is 0 Å². The largest absolute Gasteiger partial charge is 0.496 e. The molecule has 0 aliphatic rings. The molecule has 4 aromatic rings. The zero-order valence-corrected chi connectivity index (χ0v) is 16.3. The fraction of sp³-hybridized carbons (Fsp3) is 0.0833. The number of rotatable bonds is 5. The minimum absolute atomic E-state index is 0.322. The van der Waals surface area contributed by atoms with Crippen LogP contribution in [-0.2, 0) is 0 Å². The monoisotopic (exact) mass is 383 g/mol. The van der Waals surface area contributed by atoms with E-state index in [0.29, 0.717) is 11.3 Å². The van der Waals surface area contributed by atoms with Gasteiger partial charge in [-0.25, -0.2) is 5.43 Å². The molecule has 1 amide bonds. The molecule has 1 heterocycles. The summed E-state index contributed by atoms with van der Waals surface area (Å²) >= 11 is 0. The molecule has 1 aromatic heterocycles. The second kappa shape index (κ2) is 8.02. The number of carbonyl (C=O) groups is 1. The van der Waals surface area contributed by atoms with E-state index in [0.717, 1.165) is 22.2 Å². The highest BCUT2D eigenvalue weighted by molar-refractivity contribution is 6.01.